The second-order valence-corrected chi connectivity index (χ2v) is 4.99. The van der Waals surface area contributed by atoms with E-state index in [4.69, 9.17) is 5.11 Å². The molecular weight excluding hydrogens is 345 g/mol. The van der Waals surface area contributed by atoms with Crippen LogP contribution in [0, 0.1) is 0 Å². The number of alkyl halides is 1. The minimum absolute atomic E-state index is 0.119. The van der Waals surface area contributed by atoms with Crippen LogP contribution in [0.5, 0.6) is 0 Å². The summed E-state index contributed by atoms with van der Waals surface area (Å²) >= 11 is 2.12. The third-order valence-corrected chi connectivity index (χ3v) is 3.74. The minimum Gasteiger partial charge on any atom is -0.477 e. The number of aromatic carboxylic acids is 1. The predicted molar refractivity (Wildman–Crippen MR) is 78.4 cm³/mol. The first-order chi connectivity index (χ1) is 8.56. The summed E-state index contributed by atoms with van der Waals surface area (Å²) in [5, 5.41) is 9.47. The molecule has 0 saturated heterocycles. The molecule has 0 aliphatic rings. The summed E-state index contributed by atoms with van der Waals surface area (Å²) in [6, 6.07) is 6.95. The molecule has 0 radical (unpaired) electrons. The van der Waals surface area contributed by atoms with Crippen LogP contribution in [0.15, 0.2) is 47.9 Å². The predicted octanol–water partition coefficient (Wildman–Crippen LogP) is 2.82. The maximum Gasteiger partial charge on any atom is 0.341 e. The molecule has 0 fully saturated rings. The topological polar surface area (TPSA) is 59.3 Å². The van der Waals surface area contributed by atoms with E-state index in [1.807, 2.05) is 6.07 Å². The molecule has 2 rings (SSSR count). The summed E-state index contributed by atoms with van der Waals surface area (Å²) in [7, 11) is 0. The van der Waals surface area contributed by atoms with E-state index in [1.54, 1.807) is 28.8 Å². The zero-order valence-corrected chi connectivity index (χ0v) is 11.5. The molecule has 92 valence electrons. The highest BCUT2D eigenvalue weighted by molar-refractivity contribution is 14.1. The Bertz CT molecular complexity index is 690. The normalized spacial score (nSPS) is 12.3. The Labute approximate surface area is 117 Å². The number of fused-ring (bicyclic) bond motifs is 1. The van der Waals surface area contributed by atoms with Gasteiger partial charge in [0.2, 0.25) is 5.43 Å². The molecule has 1 atom stereocenters. The Hall–Kier alpha value is -1.63. The van der Waals surface area contributed by atoms with E-state index >= 15 is 0 Å². The SMILES string of the molecule is C=CC(I)n1cc(C(=O)O)c(=O)c2ccccc21. The summed E-state index contributed by atoms with van der Waals surface area (Å²) < 4.78 is 1.61. The van der Waals surface area contributed by atoms with Gasteiger partial charge in [-0.3, -0.25) is 4.79 Å². The van der Waals surface area contributed by atoms with Crippen LogP contribution < -0.4 is 5.43 Å². The van der Waals surface area contributed by atoms with Crippen LogP contribution in [0.1, 0.15) is 14.4 Å². The second kappa shape index (κ2) is 4.93. The summed E-state index contributed by atoms with van der Waals surface area (Å²) in [5.74, 6) is -1.22. The van der Waals surface area contributed by atoms with Gasteiger partial charge in [-0.15, -0.1) is 6.58 Å². The Balaban J connectivity index is 2.93. The van der Waals surface area contributed by atoms with Gasteiger partial charge in [-0.1, -0.05) is 40.8 Å². The van der Waals surface area contributed by atoms with E-state index in [0.29, 0.717) is 10.9 Å². The van der Waals surface area contributed by atoms with E-state index in [1.165, 1.54) is 6.20 Å². The first-order valence-electron chi connectivity index (χ1n) is 5.20. The maximum atomic E-state index is 12.0. The number of pyridine rings is 1. The van der Waals surface area contributed by atoms with Gasteiger partial charge < -0.3 is 9.67 Å². The van der Waals surface area contributed by atoms with E-state index in [9.17, 15) is 9.59 Å². The van der Waals surface area contributed by atoms with Gasteiger partial charge in [0.05, 0.1) is 5.52 Å². The fourth-order valence-electron chi connectivity index (χ4n) is 1.77. The lowest BCUT2D eigenvalue weighted by molar-refractivity contribution is 0.0695. The van der Waals surface area contributed by atoms with Gasteiger partial charge >= 0.3 is 5.97 Å². The van der Waals surface area contributed by atoms with Crippen molar-refractivity contribution in [2.75, 3.05) is 0 Å². The number of carboxylic acids is 1. The van der Waals surface area contributed by atoms with Crippen LogP contribution in [0.2, 0.25) is 0 Å². The van der Waals surface area contributed by atoms with Crippen LogP contribution in [-0.2, 0) is 0 Å². The van der Waals surface area contributed by atoms with Gasteiger partial charge in [-0.25, -0.2) is 4.79 Å². The number of benzene rings is 1. The fourth-order valence-corrected chi connectivity index (χ4v) is 2.23. The van der Waals surface area contributed by atoms with Crippen molar-refractivity contribution >= 4 is 39.5 Å². The molecule has 1 aromatic heterocycles. The lowest BCUT2D eigenvalue weighted by Crippen LogP contribution is -2.19. The molecule has 2 aromatic rings. The lowest BCUT2D eigenvalue weighted by Gasteiger charge is -2.14. The number of rotatable bonds is 3. The average molecular weight is 355 g/mol. The number of aromatic nitrogens is 1. The van der Waals surface area contributed by atoms with Gasteiger partial charge in [0, 0.05) is 11.6 Å². The number of carbonyl (C=O) groups is 1. The molecule has 1 heterocycles. The van der Waals surface area contributed by atoms with Gasteiger partial charge in [0.1, 0.15) is 9.61 Å². The van der Waals surface area contributed by atoms with Gasteiger partial charge in [-0.2, -0.15) is 0 Å². The summed E-state index contributed by atoms with van der Waals surface area (Å²) in [6.45, 7) is 3.69. The van der Waals surface area contributed by atoms with Crippen molar-refractivity contribution in [3.63, 3.8) is 0 Å². The Kier molecular flexibility index (Phi) is 3.51. The summed E-state index contributed by atoms with van der Waals surface area (Å²) in [5.41, 5.74) is 0.0195. The quantitative estimate of drug-likeness (QED) is 0.523. The number of para-hydroxylation sites is 1. The highest BCUT2D eigenvalue weighted by atomic mass is 127. The lowest BCUT2D eigenvalue weighted by atomic mass is 10.1. The number of hydrogen-bond acceptors (Lipinski definition) is 2. The first kappa shape index (κ1) is 12.8. The van der Waals surface area contributed by atoms with Crippen molar-refractivity contribution in [2.45, 2.75) is 4.05 Å². The fraction of sp³-hybridized carbons (Fsp3) is 0.0769. The van der Waals surface area contributed by atoms with Crippen molar-refractivity contribution in [3.8, 4) is 0 Å². The Morgan fingerprint density at radius 1 is 1.44 bits per heavy atom. The first-order valence-corrected chi connectivity index (χ1v) is 6.44. The van der Waals surface area contributed by atoms with Crippen molar-refractivity contribution in [2.24, 2.45) is 0 Å². The highest BCUT2D eigenvalue weighted by Gasteiger charge is 2.15. The standard InChI is InChI=1S/C13H10INO3/c1-2-11(14)15-7-9(13(17)18)12(16)8-5-3-4-6-10(8)15/h2-7,11H,1H2,(H,17,18). The number of hydrogen-bond donors (Lipinski definition) is 1. The van der Waals surface area contributed by atoms with Gasteiger partial charge in [0.25, 0.3) is 0 Å². The molecule has 0 amide bonds. The molecule has 0 aliphatic heterocycles. The van der Waals surface area contributed by atoms with Crippen molar-refractivity contribution in [1.82, 2.24) is 4.57 Å². The molecular formula is C13H10INO3. The molecule has 5 heteroatoms. The van der Waals surface area contributed by atoms with Gasteiger partial charge in [0.15, 0.2) is 0 Å². The molecule has 1 N–H and O–H groups in total. The number of carboxylic acid groups (broad SMARTS) is 1. The average Bonchev–Trinajstić information content (AvgIpc) is 2.38. The summed E-state index contributed by atoms with van der Waals surface area (Å²) in [4.78, 5) is 23.1. The molecule has 0 spiro atoms. The van der Waals surface area contributed by atoms with Crippen molar-refractivity contribution < 1.29 is 9.90 Å². The molecule has 18 heavy (non-hydrogen) atoms. The van der Waals surface area contributed by atoms with Crippen molar-refractivity contribution in [3.05, 3.63) is 58.9 Å². The summed E-state index contributed by atoms with van der Waals surface area (Å²) in [6.07, 6.45) is 3.05. The smallest absolute Gasteiger partial charge is 0.341 e. The van der Waals surface area contributed by atoms with E-state index in [0.717, 1.165) is 0 Å². The Morgan fingerprint density at radius 3 is 2.72 bits per heavy atom. The zero-order valence-electron chi connectivity index (χ0n) is 9.34. The van der Waals surface area contributed by atoms with E-state index in [-0.39, 0.29) is 9.61 Å². The molecule has 1 aromatic carbocycles. The zero-order chi connectivity index (χ0) is 13.3. The monoisotopic (exact) mass is 355 g/mol. The second-order valence-electron chi connectivity index (χ2n) is 3.71. The third kappa shape index (κ3) is 2.05. The third-order valence-electron chi connectivity index (χ3n) is 2.63. The van der Waals surface area contributed by atoms with Crippen LogP contribution in [-0.4, -0.2) is 15.6 Å². The molecule has 0 bridgehead atoms. The van der Waals surface area contributed by atoms with Crippen LogP contribution >= 0.6 is 22.6 Å². The Morgan fingerprint density at radius 2 is 2.11 bits per heavy atom. The number of allylic oxidation sites excluding steroid dienone is 1. The number of halogens is 1. The van der Waals surface area contributed by atoms with E-state index in [2.05, 4.69) is 29.2 Å². The van der Waals surface area contributed by atoms with Crippen LogP contribution in [0.25, 0.3) is 10.9 Å². The molecule has 0 saturated carbocycles. The molecule has 1 unspecified atom stereocenters. The molecule has 0 aliphatic carbocycles. The van der Waals surface area contributed by atoms with Crippen LogP contribution in [0.3, 0.4) is 0 Å². The van der Waals surface area contributed by atoms with Crippen LogP contribution in [0.4, 0.5) is 0 Å². The number of nitrogens with zero attached hydrogens (tertiary/aromatic N) is 1. The largest absolute Gasteiger partial charge is 0.477 e. The highest BCUT2D eigenvalue weighted by Crippen LogP contribution is 2.22. The maximum absolute atomic E-state index is 12.0. The van der Waals surface area contributed by atoms with Crippen molar-refractivity contribution in [1.29, 1.82) is 0 Å². The minimum atomic E-state index is -1.22. The van der Waals surface area contributed by atoms with Gasteiger partial charge in [-0.05, 0) is 12.1 Å². The van der Waals surface area contributed by atoms with E-state index < -0.39 is 11.4 Å². The molecule has 4 nitrogen and oxygen atoms in total.